The Labute approximate surface area is 164 Å². The van der Waals surface area contributed by atoms with E-state index >= 15 is 0 Å². The monoisotopic (exact) mass is 385 g/mol. The Bertz CT molecular complexity index is 872. The van der Waals surface area contributed by atoms with Crippen molar-refractivity contribution in [2.75, 3.05) is 33.3 Å². The first-order valence-electron chi connectivity index (χ1n) is 9.66. The van der Waals surface area contributed by atoms with Crippen LogP contribution in [0.3, 0.4) is 0 Å². The van der Waals surface area contributed by atoms with Gasteiger partial charge in [-0.15, -0.1) is 0 Å². The number of hydrogen-bond donors (Lipinski definition) is 1. The number of likely N-dealkylation sites (N-methyl/N-ethyl adjacent to an activating group) is 1. The summed E-state index contributed by atoms with van der Waals surface area (Å²) in [5, 5.41) is 13.5. The molecule has 1 atom stereocenters. The normalized spacial score (nSPS) is 21.1. The molecule has 3 heterocycles. The van der Waals surface area contributed by atoms with Gasteiger partial charge in [0, 0.05) is 31.1 Å². The zero-order valence-corrected chi connectivity index (χ0v) is 16.6. The van der Waals surface area contributed by atoms with Gasteiger partial charge in [-0.3, -0.25) is 4.79 Å². The van der Waals surface area contributed by atoms with Crippen LogP contribution < -0.4 is 4.74 Å². The second-order valence-electron chi connectivity index (χ2n) is 8.29. The molecule has 2 aliphatic rings. The van der Waals surface area contributed by atoms with Gasteiger partial charge in [0.2, 0.25) is 0 Å². The van der Waals surface area contributed by atoms with Crippen LogP contribution in [0.1, 0.15) is 33.8 Å². The minimum absolute atomic E-state index is 0.0921. The van der Waals surface area contributed by atoms with Gasteiger partial charge in [0.25, 0.3) is 5.91 Å². The van der Waals surface area contributed by atoms with Crippen LogP contribution in [0, 0.1) is 19.3 Å². The Morgan fingerprint density at radius 1 is 1.36 bits per heavy atom. The third-order valence-corrected chi connectivity index (χ3v) is 5.99. The number of aromatic nitrogens is 1. The summed E-state index contributed by atoms with van der Waals surface area (Å²) >= 11 is 0. The van der Waals surface area contributed by atoms with Crippen LogP contribution >= 0.6 is 0 Å². The minimum atomic E-state index is -0.111. The fourth-order valence-electron chi connectivity index (χ4n) is 4.46. The van der Waals surface area contributed by atoms with Crippen LogP contribution in [0.25, 0.3) is 0 Å². The second-order valence-corrected chi connectivity index (χ2v) is 8.29. The van der Waals surface area contributed by atoms with Gasteiger partial charge in [-0.2, -0.15) is 0 Å². The molecule has 0 radical (unpaired) electrons. The van der Waals surface area contributed by atoms with Gasteiger partial charge in [0.1, 0.15) is 18.1 Å². The molecule has 150 valence electrons. The van der Waals surface area contributed by atoms with Gasteiger partial charge in [-0.05, 0) is 45.0 Å². The molecule has 1 spiro atoms. The van der Waals surface area contributed by atoms with Gasteiger partial charge in [-0.1, -0.05) is 17.3 Å². The van der Waals surface area contributed by atoms with E-state index in [0.29, 0.717) is 30.1 Å². The largest absolute Gasteiger partial charge is 0.489 e. The molecule has 1 aromatic heterocycles. The lowest BCUT2D eigenvalue weighted by atomic mass is 9.77. The number of aryl methyl sites for hydroxylation is 2. The number of amides is 1. The molecule has 0 bridgehead atoms. The smallest absolute Gasteiger partial charge is 0.276 e. The van der Waals surface area contributed by atoms with E-state index in [4.69, 9.17) is 9.26 Å². The highest BCUT2D eigenvalue weighted by molar-refractivity contribution is 5.94. The molecule has 28 heavy (non-hydrogen) atoms. The number of carbonyl (C=O) groups excluding carboxylic acids is 1. The molecule has 1 aromatic carbocycles. The van der Waals surface area contributed by atoms with Crippen molar-refractivity contribution in [3.63, 3.8) is 0 Å². The van der Waals surface area contributed by atoms with E-state index in [1.54, 1.807) is 6.92 Å². The van der Waals surface area contributed by atoms with E-state index in [0.717, 1.165) is 24.3 Å². The van der Waals surface area contributed by atoms with Crippen molar-refractivity contribution in [2.45, 2.75) is 32.9 Å². The van der Waals surface area contributed by atoms with Crippen molar-refractivity contribution < 1.29 is 19.2 Å². The van der Waals surface area contributed by atoms with Crippen molar-refractivity contribution in [1.29, 1.82) is 0 Å². The van der Waals surface area contributed by atoms with Crippen LogP contribution in [0.5, 0.6) is 5.75 Å². The molecule has 0 aliphatic carbocycles. The summed E-state index contributed by atoms with van der Waals surface area (Å²) in [6, 6.07) is 7.98. The topological polar surface area (TPSA) is 79.0 Å². The van der Waals surface area contributed by atoms with Crippen LogP contribution in [-0.4, -0.2) is 65.3 Å². The first-order valence-corrected chi connectivity index (χ1v) is 9.66. The highest BCUT2D eigenvalue weighted by Crippen LogP contribution is 2.42. The number of aliphatic hydroxyl groups excluding tert-OH is 1. The number of rotatable bonds is 5. The number of aliphatic hydroxyl groups is 1. The first-order chi connectivity index (χ1) is 13.4. The molecule has 0 saturated carbocycles. The molecule has 1 unspecified atom stereocenters. The maximum atomic E-state index is 13.0. The van der Waals surface area contributed by atoms with Gasteiger partial charge in [0.05, 0.1) is 12.2 Å². The van der Waals surface area contributed by atoms with Crippen molar-refractivity contribution >= 4 is 5.91 Å². The van der Waals surface area contributed by atoms with Crippen LogP contribution in [0.15, 0.2) is 28.8 Å². The Kier molecular flexibility index (Phi) is 4.89. The average Bonchev–Trinajstić information content (AvgIpc) is 3.18. The predicted molar refractivity (Wildman–Crippen MR) is 103 cm³/mol. The van der Waals surface area contributed by atoms with Crippen molar-refractivity contribution in [3.05, 3.63) is 46.8 Å². The molecule has 1 N–H and O–H groups in total. The number of carbonyl (C=O) groups is 1. The third kappa shape index (κ3) is 3.40. The van der Waals surface area contributed by atoms with Crippen molar-refractivity contribution in [2.24, 2.45) is 5.41 Å². The second kappa shape index (κ2) is 7.22. The summed E-state index contributed by atoms with van der Waals surface area (Å²) in [4.78, 5) is 17.0. The van der Waals surface area contributed by atoms with Gasteiger partial charge >= 0.3 is 0 Å². The standard InChI is InChI=1S/C21H27N3O4/c1-14-5-4-6-17(7-14)27-10-18-15(2)28-22-19(18)20(26)24-12-21(13-24)8-16(9-25)23(3)11-21/h4-7,16,25H,8-13H2,1-3H3. The lowest BCUT2D eigenvalue weighted by Gasteiger charge is -2.47. The summed E-state index contributed by atoms with van der Waals surface area (Å²) in [7, 11) is 2.03. The quantitative estimate of drug-likeness (QED) is 0.848. The molecule has 1 amide bonds. The van der Waals surface area contributed by atoms with Crippen LogP contribution in [-0.2, 0) is 6.61 Å². The SMILES string of the molecule is Cc1cccc(OCc2c(C(=O)N3CC4(CC(CO)N(C)C4)C3)noc2C)c1. The summed E-state index contributed by atoms with van der Waals surface area (Å²) in [5.41, 5.74) is 2.24. The average molecular weight is 385 g/mol. The molecule has 2 saturated heterocycles. The molecule has 4 rings (SSSR count). The number of likely N-dealkylation sites (tertiary alicyclic amines) is 2. The molecular formula is C21H27N3O4. The van der Waals surface area contributed by atoms with Crippen LogP contribution in [0.4, 0.5) is 0 Å². The minimum Gasteiger partial charge on any atom is -0.489 e. The van der Waals surface area contributed by atoms with Crippen LogP contribution in [0.2, 0.25) is 0 Å². The summed E-state index contributed by atoms with van der Waals surface area (Å²) in [6.07, 6.45) is 0.922. The van der Waals surface area contributed by atoms with E-state index in [1.165, 1.54) is 0 Å². The number of nitrogens with zero attached hydrogens (tertiary/aromatic N) is 3. The van der Waals surface area contributed by atoms with E-state index in [1.807, 2.05) is 43.1 Å². The number of ether oxygens (including phenoxy) is 1. The fourth-order valence-corrected chi connectivity index (χ4v) is 4.46. The van der Waals surface area contributed by atoms with E-state index in [2.05, 4.69) is 10.1 Å². The zero-order chi connectivity index (χ0) is 19.9. The molecule has 7 heteroatoms. The highest BCUT2D eigenvalue weighted by atomic mass is 16.5. The van der Waals surface area contributed by atoms with Crippen molar-refractivity contribution in [1.82, 2.24) is 15.0 Å². The first kappa shape index (κ1) is 19.0. The Hall–Kier alpha value is -2.38. The Morgan fingerprint density at radius 2 is 2.14 bits per heavy atom. The molecule has 2 aliphatic heterocycles. The molecule has 2 aromatic rings. The predicted octanol–water partition coefficient (Wildman–Crippen LogP) is 2.01. The highest BCUT2D eigenvalue weighted by Gasteiger charge is 2.52. The maximum Gasteiger partial charge on any atom is 0.276 e. The molecular weight excluding hydrogens is 358 g/mol. The lowest BCUT2D eigenvalue weighted by molar-refractivity contribution is 0.0104. The molecule has 7 nitrogen and oxygen atoms in total. The van der Waals surface area contributed by atoms with E-state index in [-0.39, 0.29) is 30.6 Å². The summed E-state index contributed by atoms with van der Waals surface area (Å²) in [5.74, 6) is 1.25. The Balaban J connectivity index is 1.42. The maximum absolute atomic E-state index is 13.0. The third-order valence-electron chi connectivity index (χ3n) is 5.99. The fraction of sp³-hybridized carbons (Fsp3) is 0.524. The van der Waals surface area contributed by atoms with Gasteiger partial charge in [-0.25, -0.2) is 0 Å². The lowest BCUT2D eigenvalue weighted by Crippen LogP contribution is -2.59. The van der Waals surface area contributed by atoms with Crippen molar-refractivity contribution in [3.8, 4) is 5.75 Å². The van der Waals surface area contributed by atoms with E-state index < -0.39 is 0 Å². The number of benzene rings is 1. The van der Waals surface area contributed by atoms with Gasteiger partial charge in [0.15, 0.2) is 5.69 Å². The molecule has 2 fully saturated rings. The Morgan fingerprint density at radius 3 is 2.82 bits per heavy atom. The summed E-state index contributed by atoms with van der Waals surface area (Å²) < 4.78 is 11.2. The summed E-state index contributed by atoms with van der Waals surface area (Å²) in [6.45, 7) is 6.50. The number of hydrogen-bond acceptors (Lipinski definition) is 6. The van der Waals surface area contributed by atoms with Gasteiger partial charge < -0.3 is 24.2 Å². The zero-order valence-electron chi connectivity index (χ0n) is 16.6. The van der Waals surface area contributed by atoms with E-state index in [9.17, 15) is 9.90 Å².